The van der Waals surface area contributed by atoms with Crippen LogP contribution in [0, 0.1) is 0 Å². The molecule has 1 aromatic carbocycles. The fourth-order valence-corrected chi connectivity index (χ4v) is 5.91. The van der Waals surface area contributed by atoms with Crippen LogP contribution in [0.4, 0.5) is 13.2 Å². The van der Waals surface area contributed by atoms with Crippen LogP contribution < -0.4 is 5.69 Å². The molecule has 2 aliphatic rings. The maximum atomic E-state index is 13.9. The summed E-state index contributed by atoms with van der Waals surface area (Å²) >= 11 is 0. The summed E-state index contributed by atoms with van der Waals surface area (Å²) in [5, 5.41) is 9.36. The monoisotopic (exact) mass is 570 g/mol. The van der Waals surface area contributed by atoms with Gasteiger partial charge >= 0.3 is 11.9 Å². The number of aromatic nitrogens is 5. The Hall–Kier alpha value is -3.35. The van der Waals surface area contributed by atoms with Gasteiger partial charge < -0.3 is 14.4 Å². The summed E-state index contributed by atoms with van der Waals surface area (Å²) in [5.74, 6) is 0. The van der Waals surface area contributed by atoms with Gasteiger partial charge in [0.25, 0.3) is 0 Å². The van der Waals surface area contributed by atoms with Crippen LogP contribution in [0.15, 0.2) is 41.3 Å². The van der Waals surface area contributed by atoms with Gasteiger partial charge in [0.15, 0.2) is 11.8 Å². The molecule has 1 aliphatic heterocycles. The minimum atomic E-state index is -4.58. The number of aryl methyl sites for hydroxylation is 1. The van der Waals surface area contributed by atoms with Crippen molar-refractivity contribution in [3.05, 3.63) is 52.7 Å². The largest absolute Gasteiger partial charge is 0.420 e. The normalized spacial score (nSPS) is 20.9. The first-order valence-electron chi connectivity index (χ1n) is 14.0. The van der Waals surface area contributed by atoms with Crippen molar-refractivity contribution in [2.45, 2.75) is 56.5 Å². The Morgan fingerprint density at radius 2 is 1.80 bits per heavy atom. The Balaban J connectivity index is 1.29. The number of hydrogen-bond acceptors (Lipinski definition) is 7. The molecule has 9 nitrogen and oxygen atoms in total. The Morgan fingerprint density at radius 3 is 2.49 bits per heavy atom. The van der Waals surface area contributed by atoms with Gasteiger partial charge in [-0.15, -0.1) is 10.2 Å². The number of halogens is 3. The molecule has 3 aromatic heterocycles. The summed E-state index contributed by atoms with van der Waals surface area (Å²) in [5.41, 5.74) is 2.82. The van der Waals surface area contributed by atoms with Crippen LogP contribution in [-0.4, -0.2) is 74.8 Å². The van der Waals surface area contributed by atoms with Crippen LogP contribution in [-0.2, 0) is 16.5 Å². The Bertz CT molecular complexity index is 1590. The number of alkyl halides is 3. The average molecular weight is 571 g/mol. The lowest BCUT2D eigenvalue weighted by atomic mass is 9.89. The van der Waals surface area contributed by atoms with E-state index in [1.165, 1.54) is 16.8 Å². The zero-order valence-electron chi connectivity index (χ0n) is 23.1. The first-order valence-corrected chi connectivity index (χ1v) is 14.0. The number of hydrogen-bond donors (Lipinski definition) is 0. The van der Waals surface area contributed by atoms with Crippen molar-refractivity contribution in [2.75, 3.05) is 33.4 Å². The minimum Gasteiger partial charge on any atom is -0.381 e. The van der Waals surface area contributed by atoms with Crippen molar-refractivity contribution in [1.82, 2.24) is 29.2 Å². The minimum absolute atomic E-state index is 0.0117. The van der Waals surface area contributed by atoms with E-state index in [1.54, 1.807) is 30.9 Å². The standard InChI is InChI=1S/C29H33F3N6O3/c1-36-27-25(38(28(36)39)20-15-21(16-20)40-2)22-14-18(6-8-23(22)34-35-27)19-7-9-24(33-17-19)26(29(30,31)32)41-13-12-37-10-4-3-5-11-37/h6-9,14,17,20-21,26H,3-5,10-13,15-16H2,1-2H3. The van der Waals surface area contributed by atoms with Crippen molar-refractivity contribution < 1.29 is 22.6 Å². The molecule has 4 heterocycles. The molecule has 2 fully saturated rings. The van der Waals surface area contributed by atoms with Gasteiger partial charge in [-0.1, -0.05) is 18.6 Å². The van der Waals surface area contributed by atoms with Gasteiger partial charge in [0.2, 0.25) is 0 Å². The van der Waals surface area contributed by atoms with Crippen LogP contribution in [0.3, 0.4) is 0 Å². The molecule has 1 saturated carbocycles. The summed E-state index contributed by atoms with van der Waals surface area (Å²) in [7, 11) is 3.34. The highest BCUT2D eigenvalue weighted by Crippen LogP contribution is 2.38. The van der Waals surface area contributed by atoms with Crippen LogP contribution in [0.5, 0.6) is 0 Å². The number of likely N-dealkylation sites (tertiary alicyclic amines) is 1. The Kier molecular flexibility index (Phi) is 7.56. The smallest absolute Gasteiger partial charge is 0.381 e. The lowest BCUT2D eigenvalue weighted by molar-refractivity contribution is -0.225. The number of pyridine rings is 1. The van der Waals surface area contributed by atoms with Crippen LogP contribution in [0.1, 0.15) is 49.9 Å². The average Bonchev–Trinajstić information content (AvgIpc) is 3.20. The third kappa shape index (κ3) is 5.35. The summed E-state index contributed by atoms with van der Waals surface area (Å²) in [6, 6.07) is 8.50. The molecule has 0 N–H and O–H groups in total. The van der Waals surface area contributed by atoms with Gasteiger partial charge in [-0.05, 0) is 62.5 Å². The predicted molar refractivity (Wildman–Crippen MR) is 148 cm³/mol. The van der Waals surface area contributed by atoms with Crippen LogP contribution >= 0.6 is 0 Å². The van der Waals surface area contributed by atoms with E-state index in [-0.39, 0.29) is 30.1 Å². The van der Waals surface area contributed by atoms with E-state index in [0.29, 0.717) is 28.8 Å². The lowest BCUT2D eigenvalue weighted by Gasteiger charge is -2.34. The number of rotatable bonds is 8. The topological polar surface area (TPSA) is 87.3 Å². The van der Waals surface area contributed by atoms with Crippen molar-refractivity contribution in [2.24, 2.45) is 7.05 Å². The summed E-state index contributed by atoms with van der Waals surface area (Å²) < 4.78 is 55.7. The predicted octanol–water partition coefficient (Wildman–Crippen LogP) is 4.80. The number of fused-ring (bicyclic) bond motifs is 3. The van der Waals surface area contributed by atoms with E-state index in [0.717, 1.165) is 56.1 Å². The number of ether oxygens (including phenoxy) is 2. The fourth-order valence-electron chi connectivity index (χ4n) is 5.91. The van der Waals surface area contributed by atoms with Crippen molar-refractivity contribution >= 4 is 22.1 Å². The third-order valence-electron chi connectivity index (χ3n) is 8.36. The zero-order chi connectivity index (χ0) is 28.7. The number of nitrogens with zero attached hydrogens (tertiary/aromatic N) is 6. The highest BCUT2D eigenvalue weighted by molar-refractivity contribution is 6.02. The molecule has 41 heavy (non-hydrogen) atoms. The molecule has 0 bridgehead atoms. The van der Waals surface area contributed by atoms with Gasteiger partial charge in [0.05, 0.1) is 23.9 Å². The van der Waals surface area contributed by atoms with E-state index in [4.69, 9.17) is 9.47 Å². The summed E-state index contributed by atoms with van der Waals surface area (Å²) in [6.07, 6.45) is -0.384. The number of benzene rings is 1. The Morgan fingerprint density at radius 1 is 1.05 bits per heavy atom. The van der Waals surface area contributed by atoms with E-state index in [2.05, 4.69) is 20.1 Å². The molecule has 0 spiro atoms. The molecule has 0 radical (unpaired) electrons. The summed E-state index contributed by atoms with van der Waals surface area (Å²) in [4.78, 5) is 19.5. The fraction of sp³-hybridized carbons (Fsp3) is 0.517. The first kappa shape index (κ1) is 27.8. The highest BCUT2D eigenvalue weighted by Gasteiger charge is 2.43. The molecular weight excluding hydrogens is 537 g/mol. The van der Waals surface area contributed by atoms with Gasteiger partial charge in [0.1, 0.15) is 5.52 Å². The zero-order valence-corrected chi connectivity index (χ0v) is 23.1. The Labute approximate surface area is 234 Å². The van der Waals surface area contributed by atoms with Crippen molar-refractivity contribution in [3.8, 4) is 11.1 Å². The van der Waals surface area contributed by atoms with Gasteiger partial charge in [0, 0.05) is 43.9 Å². The number of methoxy groups -OCH3 is 1. The highest BCUT2D eigenvalue weighted by atomic mass is 19.4. The van der Waals surface area contributed by atoms with Crippen molar-refractivity contribution in [1.29, 1.82) is 0 Å². The molecule has 12 heteroatoms. The second-order valence-corrected chi connectivity index (χ2v) is 11.0. The number of piperidine rings is 1. The first-order chi connectivity index (χ1) is 19.7. The summed E-state index contributed by atoms with van der Waals surface area (Å²) in [6.45, 7) is 2.24. The van der Waals surface area contributed by atoms with E-state index < -0.39 is 12.3 Å². The molecule has 218 valence electrons. The van der Waals surface area contributed by atoms with Gasteiger partial charge in [-0.3, -0.25) is 14.1 Å². The van der Waals surface area contributed by atoms with E-state index in [1.807, 2.05) is 12.1 Å². The SMILES string of the molecule is COC1CC(n2c(=O)n(C)c3nnc4ccc(-c5ccc(C(OCCN6CCCCC6)C(F)(F)F)nc5)cc4c32)C1. The number of imidazole rings is 1. The van der Waals surface area contributed by atoms with Crippen LogP contribution in [0.25, 0.3) is 33.2 Å². The molecule has 1 unspecified atom stereocenters. The van der Waals surface area contributed by atoms with Crippen LogP contribution in [0.2, 0.25) is 0 Å². The maximum absolute atomic E-state index is 13.9. The maximum Gasteiger partial charge on any atom is 0.420 e. The molecule has 1 saturated heterocycles. The van der Waals surface area contributed by atoms with Gasteiger partial charge in [-0.2, -0.15) is 13.2 Å². The molecule has 1 aliphatic carbocycles. The second kappa shape index (κ2) is 11.1. The quantitative estimate of drug-likeness (QED) is 0.301. The molecule has 1 atom stereocenters. The lowest BCUT2D eigenvalue weighted by Crippen LogP contribution is -2.37. The molecule has 4 aromatic rings. The van der Waals surface area contributed by atoms with Gasteiger partial charge in [-0.25, -0.2) is 4.79 Å². The molecule has 6 rings (SSSR count). The molecular formula is C29H33F3N6O3. The third-order valence-corrected chi connectivity index (χ3v) is 8.36. The van der Waals surface area contributed by atoms with Crippen molar-refractivity contribution in [3.63, 3.8) is 0 Å². The van der Waals surface area contributed by atoms with E-state index >= 15 is 0 Å². The molecule has 0 amide bonds. The van der Waals surface area contributed by atoms with E-state index in [9.17, 15) is 18.0 Å². The second-order valence-electron chi connectivity index (χ2n) is 11.0.